The van der Waals surface area contributed by atoms with E-state index < -0.39 is 0 Å². The Morgan fingerprint density at radius 3 is 2.38 bits per heavy atom. The van der Waals surface area contributed by atoms with E-state index in [1.54, 1.807) is 16.7 Å². The van der Waals surface area contributed by atoms with Gasteiger partial charge in [0.25, 0.3) is 0 Å². The van der Waals surface area contributed by atoms with E-state index in [0.717, 1.165) is 36.5 Å². The highest BCUT2D eigenvalue weighted by Gasteiger charge is 2.65. The zero-order valence-electron chi connectivity index (χ0n) is 23.7. The zero-order valence-corrected chi connectivity index (χ0v) is 23.7. The Morgan fingerprint density at radius 2 is 1.68 bits per heavy atom. The van der Waals surface area contributed by atoms with Crippen molar-refractivity contribution in [2.24, 2.45) is 46.8 Å². The molecule has 0 heterocycles. The van der Waals surface area contributed by atoms with Crippen LogP contribution >= 0.6 is 0 Å². The van der Waals surface area contributed by atoms with Crippen LogP contribution < -0.4 is 0 Å². The van der Waals surface area contributed by atoms with Gasteiger partial charge < -0.3 is 0 Å². The van der Waals surface area contributed by atoms with Crippen LogP contribution in [0, 0.1) is 60.7 Å². The summed E-state index contributed by atoms with van der Waals surface area (Å²) in [6.45, 7) is 21.1. The molecule has 0 spiro atoms. The first-order chi connectivity index (χ1) is 17.6. The molecule has 4 unspecified atom stereocenters. The molecule has 7 rings (SSSR count). The molecule has 2 aromatic carbocycles. The smallest absolute Gasteiger partial charge is 0.00454 e. The van der Waals surface area contributed by atoms with Crippen LogP contribution in [0.15, 0.2) is 60.2 Å². The highest BCUT2D eigenvalue weighted by Crippen LogP contribution is 2.72. The molecule has 5 aliphatic rings. The Labute approximate surface area is 225 Å². The molecule has 0 saturated heterocycles. The van der Waals surface area contributed by atoms with Crippen molar-refractivity contribution in [2.45, 2.75) is 73.1 Å². The van der Waals surface area contributed by atoms with Crippen molar-refractivity contribution in [3.05, 3.63) is 88.0 Å². The molecule has 4 fully saturated rings. The van der Waals surface area contributed by atoms with Gasteiger partial charge in [-0.2, -0.15) is 0 Å². The first-order valence-corrected chi connectivity index (χ1v) is 14.9. The summed E-state index contributed by atoms with van der Waals surface area (Å²) in [5, 5.41) is 0. The molecule has 2 aromatic rings. The van der Waals surface area contributed by atoms with Gasteiger partial charge in [0.05, 0.1) is 0 Å². The average Bonchev–Trinajstić information content (AvgIpc) is 3.33. The first-order valence-electron chi connectivity index (χ1n) is 14.9. The minimum Gasteiger partial charge on any atom is -0.0989 e. The molecular formula is C37H44. The third-order valence-electron chi connectivity index (χ3n) is 11.6. The fraction of sp³-hybridized carbons (Fsp3) is 0.514. The van der Waals surface area contributed by atoms with Crippen molar-refractivity contribution in [2.75, 3.05) is 0 Å². The Morgan fingerprint density at radius 1 is 0.919 bits per heavy atom. The standard InChI is InChI=1S/C37H44/c1-20-11-21(2)31(19-28-15-25-13-22(3)30(28)16-25)34(12-20)29-10-8-9-27-14-26(18-33(27)29)17-32-23(4)35-36(24(32)5)37(35,6)7/h8-12,14,22,25,28,30,32,35-36H,4-5,13,15-19H2,1-3,6-7H3/t22?,25-,28?,30+,32?,35?,36?/m1/s1. The van der Waals surface area contributed by atoms with Gasteiger partial charge in [-0.05, 0) is 127 Å². The largest absolute Gasteiger partial charge is 0.0989 e. The summed E-state index contributed by atoms with van der Waals surface area (Å²) >= 11 is 0. The van der Waals surface area contributed by atoms with Gasteiger partial charge in [-0.25, -0.2) is 0 Å². The van der Waals surface area contributed by atoms with Crippen LogP contribution in [-0.4, -0.2) is 0 Å². The molecular weight excluding hydrogens is 444 g/mol. The number of hydrogen-bond acceptors (Lipinski definition) is 0. The second kappa shape index (κ2) is 8.08. The maximum atomic E-state index is 4.57. The van der Waals surface area contributed by atoms with Crippen LogP contribution in [-0.2, 0) is 12.8 Å². The maximum absolute atomic E-state index is 4.57. The van der Waals surface area contributed by atoms with E-state index in [9.17, 15) is 0 Å². The molecule has 192 valence electrons. The fourth-order valence-electron chi connectivity index (χ4n) is 9.91. The van der Waals surface area contributed by atoms with E-state index in [0.29, 0.717) is 23.2 Å². The number of allylic oxidation sites excluding steroid dienone is 3. The SMILES string of the molecule is C=C1C(CC2=Cc3cccc(-c4cc(C)cc(C)c4CC4C[C@H]5CC(C)[C@@H]4C5)c3C2)C(=C)C2C1C2(C)C. The minimum atomic E-state index is 0.390. The van der Waals surface area contributed by atoms with Gasteiger partial charge >= 0.3 is 0 Å². The number of aryl methyl sites for hydroxylation is 2. The summed E-state index contributed by atoms with van der Waals surface area (Å²) in [5.74, 6) is 5.52. The summed E-state index contributed by atoms with van der Waals surface area (Å²) in [5.41, 5.74) is 15.3. The van der Waals surface area contributed by atoms with Crippen molar-refractivity contribution in [1.82, 2.24) is 0 Å². The van der Waals surface area contributed by atoms with Gasteiger partial charge in [-0.1, -0.05) is 92.6 Å². The van der Waals surface area contributed by atoms with Crippen LogP contribution in [0.2, 0.25) is 0 Å². The molecule has 0 radical (unpaired) electrons. The quantitative estimate of drug-likeness (QED) is 0.368. The molecule has 0 N–H and O–H groups in total. The number of hydrogen-bond donors (Lipinski definition) is 0. The Hall–Kier alpha value is -2.34. The lowest BCUT2D eigenvalue weighted by Gasteiger charge is -2.29. The first kappa shape index (κ1) is 23.8. The fourth-order valence-corrected chi connectivity index (χ4v) is 9.91. The second-order valence-corrected chi connectivity index (χ2v) is 14.3. The minimum absolute atomic E-state index is 0.390. The van der Waals surface area contributed by atoms with Crippen molar-refractivity contribution in [3.8, 4) is 11.1 Å². The second-order valence-electron chi connectivity index (χ2n) is 14.3. The number of benzene rings is 2. The third-order valence-corrected chi connectivity index (χ3v) is 11.6. The van der Waals surface area contributed by atoms with Gasteiger partial charge in [-0.15, -0.1) is 0 Å². The highest BCUT2D eigenvalue weighted by atomic mass is 14.7. The third kappa shape index (κ3) is 3.54. The molecule has 0 nitrogen and oxygen atoms in total. The molecule has 37 heavy (non-hydrogen) atoms. The summed E-state index contributed by atoms with van der Waals surface area (Å²) in [4.78, 5) is 0. The van der Waals surface area contributed by atoms with Crippen molar-refractivity contribution in [1.29, 1.82) is 0 Å². The Bertz CT molecular complexity index is 1340. The van der Waals surface area contributed by atoms with E-state index in [1.165, 1.54) is 64.6 Å². The molecule has 2 bridgehead atoms. The molecule has 0 aliphatic heterocycles. The van der Waals surface area contributed by atoms with Gasteiger partial charge in [0, 0.05) is 5.92 Å². The van der Waals surface area contributed by atoms with Crippen LogP contribution in [0.3, 0.4) is 0 Å². The lowest BCUT2D eigenvalue weighted by molar-refractivity contribution is 0.253. The van der Waals surface area contributed by atoms with Crippen LogP contribution in [0.4, 0.5) is 0 Å². The summed E-state index contributed by atoms with van der Waals surface area (Å²) in [6.07, 6.45) is 10.4. The van der Waals surface area contributed by atoms with Crippen molar-refractivity contribution in [3.63, 3.8) is 0 Å². The zero-order chi connectivity index (χ0) is 25.8. The van der Waals surface area contributed by atoms with Gasteiger partial charge in [0.2, 0.25) is 0 Å². The summed E-state index contributed by atoms with van der Waals surface area (Å²) in [7, 11) is 0. The highest BCUT2D eigenvalue weighted by molar-refractivity contribution is 5.80. The van der Waals surface area contributed by atoms with Crippen molar-refractivity contribution < 1.29 is 0 Å². The lowest BCUT2D eigenvalue weighted by Crippen LogP contribution is -2.20. The average molecular weight is 489 g/mol. The lowest BCUT2D eigenvalue weighted by atomic mass is 9.76. The molecule has 5 aliphatic carbocycles. The van der Waals surface area contributed by atoms with E-state index in [4.69, 9.17) is 0 Å². The monoisotopic (exact) mass is 488 g/mol. The van der Waals surface area contributed by atoms with Gasteiger partial charge in [0.1, 0.15) is 0 Å². The molecule has 0 amide bonds. The van der Waals surface area contributed by atoms with E-state index in [1.807, 2.05) is 0 Å². The van der Waals surface area contributed by atoms with Crippen LogP contribution in [0.5, 0.6) is 0 Å². The van der Waals surface area contributed by atoms with E-state index in [-0.39, 0.29) is 0 Å². The van der Waals surface area contributed by atoms with Gasteiger partial charge in [-0.3, -0.25) is 0 Å². The normalized spacial score (nSPS) is 34.6. The summed E-state index contributed by atoms with van der Waals surface area (Å²) in [6, 6.07) is 11.9. The predicted octanol–water partition coefficient (Wildman–Crippen LogP) is 9.54. The molecule has 0 aromatic heterocycles. The van der Waals surface area contributed by atoms with Crippen molar-refractivity contribution >= 4 is 6.08 Å². The molecule has 4 saturated carbocycles. The topological polar surface area (TPSA) is 0 Å². The maximum Gasteiger partial charge on any atom is 0.00454 e. The van der Waals surface area contributed by atoms with E-state index in [2.05, 4.69) is 84.2 Å². The van der Waals surface area contributed by atoms with Crippen LogP contribution in [0.1, 0.15) is 74.3 Å². The molecule has 0 heteroatoms. The number of fused-ring (bicyclic) bond motifs is 4. The predicted molar refractivity (Wildman–Crippen MR) is 157 cm³/mol. The van der Waals surface area contributed by atoms with Crippen LogP contribution in [0.25, 0.3) is 17.2 Å². The number of rotatable bonds is 5. The Kier molecular flexibility index (Phi) is 5.19. The Balaban J connectivity index is 1.17. The van der Waals surface area contributed by atoms with E-state index >= 15 is 0 Å². The molecule has 6 atom stereocenters. The van der Waals surface area contributed by atoms with Gasteiger partial charge in [0.15, 0.2) is 0 Å². The summed E-state index contributed by atoms with van der Waals surface area (Å²) < 4.78 is 0.